The van der Waals surface area contributed by atoms with Crippen molar-refractivity contribution in [2.45, 2.75) is 233 Å². The van der Waals surface area contributed by atoms with Crippen LogP contribution in [0, 0.1) is 6.92 Å². The number of rotatable bonds is 5. The second-order valence-electron chi connectivity index (χ2n) is 34.7. The molecule has 0 spiro atoms. The first-order chi connectivity index (χ1) is 41.0. The summed E-state index contributed by atoms with van der Waals surface area (Å²) in [7, 11) is 0. The fourth-order valence-electron chi connectivity index (χ4n) is 17.3. The minimum absolute atomic E-state index is 0.00388. The molecule has 2 heterocycles. The van der Waals surface area contributed by atoms with Gasteiger partial charge in [0.05, 0.1) is 5.69 Å². The normalized spacial score (nSPS) is 19.7. The number of anilines is 9. The van der Waals surface area contributed by atoms with Crippen molar-refractivity contribution in [2.75, 3.05) is 14.7 Å². The molecule has 0 saturated heterocycles. The molecule has 0 saturated carbocycles. The van der Waals surface area contributed by atoms with Gasteiger partial charge >= 0.3 is 0 Å². The molecule has 452 valence electrons. The molecule has 0 radical (unpaired) electrons. The van der Waals surface area contributed by atoms with Gasteiger partial charge in [-0.05, 0) is 233 Å². The number of nitrogens with zero attached hydrogens (tertiary/aromatic N) is 3. The summed E-state index contributed by atoms with van der Waals surface area (Å²) in [5.41, 5.74) is 33.6. The summed E-state index contributed by atoms with van der Waals surface area (Å²) in [5, 5.41) is 0. The van der Waals surface area contributed by atoms with E-state index in [1.165, 1.54) is 136 Å². The molecular weight excluding hydrogens is 1060 g/mol. The summed E-state index contributed by atoms with van der Waals surface area (Å²) in [4.78, 5) is 8.19. The van der Waals surface area contributed by atoms with Crippen LogP contribution in [0.25, 0.3) is 11.1 Å². The van der Waals surface area contributed by atoms with Gasteiger partial charge in [-0.25, -0.2) is 0 Å². The summed E-state index contributed by atoms with van der Waals surface area (Å²) in [6, 6.07) is 57.3. The third-order valence-corrected chi connectivity index (χ3v) is 23.5. The minimum atomic E-state index is -0.212. The van der Waals surface area contributed by atoms with Crippen LogP contribution < -0.4 is 31.1 Å². The average Bonchev–Trinajstić information content (AvgIpc) is 1.05. The van der Waals surface area contributed by atoms with E-state index in [1.54, 1.807) is 0 Å². The summed E-state index contributed by atoms with van der Waals surface area (Å²) in [6.07, 6.45) is 6.93. The van der Waals surface area contributed by atoms with Crippen molar-refractivity contribution >= 4 is 74.3 Å². The molecule has 0 unspecified atom stereocenters. The van der Waals surface area contributed by atoms with E-state index in [-0.39, 0.29) is 55.4 Å². The molecule has 0 aromatic heterocycles. The van der Waals surface area contributed by atoms with Crippen molar-refractivity contribution in [1.29, 1.82) is 0 Å². The highest BCUT2D eigenvalue weighted by atomic mass is 15.2. The zero-order valence-corrected chi connectivity index (χ0v) is 57.4. The number of aryl methyl sites for hydroxylation is 1. The van der Waals surface area contributed by atoms with E-state index in [0.29, 0.717) is 0 Å². The van der Waals surface area contributed by atoms with Gasteiger partial charge in [0, 0.05) is 56.5 Å². The van der Waals surface area contributed by atoms with Gasteiger partial charge in [-0.1, -0.05) is 217 Å². The molecule has 3 nitrogen and oxygen atoms in total. The van der Waals surface area contributed by atoms with E-state index >= 15 is 0 Å². The van der Waals surface area contributed by atoms with E-state index in [1.807, 2.05) is 0 Å². The SMILES string of the molecule is Cc1cc2c(cc1N1c3cc(N(c4ccc(C(C)(C)C)cc4)c4ccc(C(C)(C)C)cc4)cc4c3B(c3cc5c(cc3N4c3ccc4c(c3)C(C)(C)CCC4(C)C)C(C)(C)CCC5(C)C)c3ccc4c(c31)-c1ccccc1C4(C)C)C(C)(C)CCC2(C)C. The molecule has 0 bridgehead atoms. The second-order valence-corrected chi connectivity index (χ2v) is 34.7. The molecule has 0 atom stereocenters. The third-order valence-electron chi connectivity index (χ3n) is 23.5. The van der Waals surface area contributed by atoms with Crippen LogP contribution in [0.4, 0.5) is 51.2 Å². The Balaban J connectivity index is 1.18. The van der Waals surface area contributed by atoms with Gasteiger partial charge in [-0.2, -0.15) is 0 Å². The predicted molar refractivity (Wildman–Crippen MR) is 381 cm³/mol. The quantitative estimate of drug-likeness (QED) is 0.159. The van der Waals surface area contributed by atoms with Crippen LogP contribution in [0.3, 0.4) is 0 Å². The Morgan fingerprint density at radius 3 is 1.34 bits per heavy atom. The molecule has 0 N–H and O–H groups in total. The molecule has 0 fully saturated rings. The maximum absolute atomic E-state index is 2.83. The van der Waals surface area contributed by atoms with Crippen LogP contribution in [0.5, 0.6) is 0 Å². The van der Waals surface area contributed by atoms with Gasteiger partial charge in [0.25, 0.3) is 6.71 Å². The lowest BCUT2D eigenvalue weighted by Crippen LogP contribution is -2.62. The number of hydrogen-bond donors (Lipinski definition) is 0. The zero-order valence-electron chi connectivity index (χ0n) is 57.4. The van der Waals surface area contributed by atoms with Crippen LogP contribution in [0.2, 0.25) is 0 Å². The second kappa shape index (κ2) is 18.9. The van der Waals surface area contributed by atoms with Crippen molar-refractivity contribution in [2.24, 2.45) is 0 Å². The maximum atomic E-state index is 2.83. The molecule has 8 aromatic rings. The highest BCUT2D eigenvalue weighted by Gasteiger charge is 2.51. The van der Waals surface area contributed by atoms with Gasteiger partial charge in [-0.15, -0.1) is 0 Å². The van der Waals surface area contributed by atoms with E-state index in [4.69, 9.17) is 0 Å². The van der Waals surface area contributed by atoms with Gasteiger partial charge in [0.1, 0.15) is 0 Å². The van der Waals surface area contributed by atoms with E-state index in [9.17, 15) is 0 Å². The Bertz CT molecular complexity index is 4160. The summed E-state index contributed by atoms with van der Waals surface area (Å²) < 4.78 is 0. The zero-order chi connectivity index (χ0) is 62.7. The van der Waals surface area contributed by atoms with E-state index in [2.05, 4.69) is 300 Å². The Labute approximate surface area is 530 Å². The Morgan fingerprint density at radius 2 is 0.818 bits per heavy atom. The molecule has 8 aromatic carbocycles. The van der Waals surface area contributed by atoms with Gasteiger partial charge in [-0.3, -0.25) is 0 Å². The fourth-order valence-corrected chi connectivity index (χ4v) is 17.3. The van der Waals surface area contributed by atoms with E-state index < -0.39 is 0 Å². The van der Waals surface area contributed by atoms with Crippen molar-refractivity contribution in [1.82, 2.24) is 0 Å². The average molecular weight is 1160 g/mol. The first kappa shape index (κ1) is 58.9. The Hall–Kier alpha value is -6.78. The van der Waals surface area contributed by atoms with Gasteiger partial charge in [0.2, 0.25) is 0 Å². The molecule has 4 aliphatic carbocycles. The van der Waals surface area contributed by atoms with Crippen molar-refractivity contribution in [3.05, 3.63) is 201 Å². The van der Waals surface area contributed by atoms with Gasteiger partial charge in [0.15, 0.2) is 0 Å². The topological polar surface area (TPSA) is 9.72 Å². The predicted octanol–water partition coefficient (Wildman–Crippen LogP) is 21.5. The summed E-state index contributed by atoms with van der Waals surface area (Å²) in [6.45, 7) is 51.3. The fraction of sp³-hybridized carbons (Fsp3) is 0.429. The highest BCUT2D eigenvalue weighted by molar-refractivity contribution is 7.00. The third kappa shape index (κ3) is 8.76. The largest absolute Gasteiger partial charge is 0.311 e. The molecule has 88 heavy (non-hydrogen) atoms. The van der Waals surface area contributed by atoms with Crippen molar-refractivity contribution in [3.8, 4) is 11.1 Å². The van der Waals surface area contributed by atoms with Crippen LogP contribution >= 0.6 is 0 Å². The van der Waals surface area contributed by atoms with E-state index in [0.717, 1.165) is 42.7 Å². The number of fused-ring (bicyclic) bond motifs is 11. The van der Waals surface area contributed by atoms with Crippen molar-refractivity contribution < 1.29 is 0 Å². The molecule has 4 heteroatoms. The smallest absolute Gasteiger partial charge is 0.252 e. The summed E-state index contributed by atoms with van der Waals surface area (Å²) >= 11 is 0. The first-order valence-corrected chi connectivity index (χ1v) is 33.6. The molecule has 2 aliphatic heterocycles. The lowest BCUT2D eigenvalue weighted by atomic mass is 9.33. The summed E-state index contributed by atoms with van der Waals surface area (Å²) in [5.74, 6) is 0. The monoisotopic (exact) mass is 1160 g/mol. The highest BCUT2D eigenvalue weighted by Crippen LogP contribution is 2.59. The molecular formula is C84H98BN3. The van der Waals surface area contributed by atoms with Crippen LogP contribution in [-0.2, 0) is 48.7 Å². The molecule has 6 aliphatic rings. The first-order valence-electron chi connectivity index (χ1n) is 33.6. The molecule has 14 rings (SSSR count). The molecule has 0 amide bonds. The van der Waals surface area contributed by atoms with Crippen LogP contribution in [-0.4, -0.2) is 6.71 Å². The van der Waals surface area contributed by atoms with Gasteiger partial charge < -0.3 is 14.7 Å². The van der Waals surface area contributed by atoms with Crippen molar-refractivity contribution in [3.63, 3.8) is 0 Å². The lowest BCUT2D eigenvalue weighted by molar-refractivity contribution is 0.332. The maximum Gasteiger partial charge on any atom is 0.252 e. The lowest BCUT2D eigenvalue weighted by Gasteiger charge is -2.49. The van der Waals surface area contributed by atoms with Crippen LogP contribution in [0.1, 0.15) is 238 Å². The van der Waals surface area contributed by atoms with Crippen LogP contribution in [0.15, 0.2) is 140 Å². The standard InChI is InChI=1S/C84H98BN3/c1-51-44-62-65(82(16,17)42-40-79(62,10)11)49-69(51)88-72-47-57(86(54-30-26-52(27-31-54)76(2,3)4)55-32-28-53(29-33-55)77(5,6)7)46-71-74(72)85(67-37-36-61-73(75(67)88)58-24-22-23-25-59(58)84(61,20)21)68-48-64-66(83(18,19)43-41-81(64,14)15)50-70(68)87(71)56-34-35-60-63(45-56)80(12,13)39-38-78(60,8)9/h22-37,44-50H,38-43H2,1-21H3. The number of benzene rings is 8. The Morgan fingerprint density at radius 1 is 0.375 bits per heavy atom. The minimum Gasteiger partial charge on any atom is -0.311 e. The Kier molecular flexibility index (Phi) is 12.6. The number of hydrogen-bond acceptors (Lipinski definition) is 3.